The minimum Gasteiger partial charge on any atom is -0.468 e. The Balaban J connectivity index is 1.95. The molecule has 2 rings (SSSR count). The average Bonchev–Trinajstić information content (AvgIpc) is 2.99. The fourth-order valence-corrected chi connectivity index (χ4v) is 2.57. The van der Waals surface area contributed by atoms with Gasteiger partial charge in [-0.15, -0.1) is 0 Å². The first-order valence-electron chi connectivity index (χ1n) is 6.79. The largest absolute Gasteiger partial charge is 0.468 e. The number of esters is 1. The van der Waals surface area contributed by atoms with Gasteiger partial charge < -0.3 is 14.8 Å². The van der Waals surface area contributed by atoms with Crippen molar-refractivity contribution in [3.8, 4) is 0 Å². The van der Waals surface area contributed by atoms with Crippen LogP contribution in [0.3, 0.4) is 0 Å². The van der Waals surface area contributed by atoms with Crippen molar-refractivity contribution in [2.24, 2.45) is 0 Å². The van der Waals surface area contributed by atoms with E-state index in [2.05, 4.69) is 31.1 Å². The first kappa shape index (κ1) is 16.0. The fourth-order valence-electron chi connectivity index (χ4n) is 2.13. The summed E-state index contributed by atoms with van der Waals surface area (Å²) in [7, 11) is 1.27. The monoisotopic (exact) mass is 359 g/mol. The first-order chi connectivity index (χ1) is 10.1. The fraction of sp³-hybridized carbons (Fsp3) is 0.615. The van der Waals surface area contributed by atoms with Crippen molar-refractivity contribution in [3.05, 3.63) is 21.0 Å². The lowest BCUT2D eigenvalue weighted by atomic mass is 10.2. The van der Waals surface area contributed by atoms with Crippen molar-refractivity contribution in [1.82, 2.24) is 9.78 Å². The second-order valence-corrected chi connectivity index (χ2v) is 5.55. The summed E-state index contributed by atoms with van der Waals surface area (Å²) in [5.74, 6) is -0.518. The molecule has 2 heterocycles. The quantitative estimate of drug-likeness (QED) is 0.767. The molecule has 0 bridgehead atoms. The molecule has 1 N–H and O–H groups in total. The van der Waals surface area contributed by atoms with Crippen LogP contribution < -0.4 is 10.9 Å². The highest BCUT2D eigenvalue weighted by atomic mass is 79.9. The highest BCUT2D eigenvalue weighted by Gasteiger charge is 2.16. The summed E-state index contributed by atoms with van der Waals surface area (Å²) in [5.41, 5.74) is 0.238. The van der Waals surface area contributed by atoms with E-state index in [1.807, 2.05) is 0 Å². The van der Waals surface area contributed by atoms with E-state index in [4.69, 9.17) is 4.74 Å². The number of carbonyl (C=O) groups is 1. The van der Waals surface area contributed by atoms with Gasteiger partial charge in [-0.1, -0.05) is 0 Å². The van der Waals surface area contributed by atoms with Gasteiger partial charge in [0.05, 0.1) is 25.1 Å². The molecule has 1 aromatic rings. The smallest absolute Gasteiger partial charge is 0.327 e. The minimum atomic E-state index is -0.518. The zero-order chi connectivity index (χ0) is 15.2. The van der Waals surface area contributed by atoms with Gasteiger partial charge in [-0.25, -0.2) is 4.68 Å². The third-order valence-corrected chi connectivity index (χ3v) is 4.06. The van der Waals surface area contributed by atoms with Crippen LogP contribution in [0.5, 0.6) is 0 Å². The number of nitrogens with zero attached hydrogens (tertiary/aromatic N) is 2. The highest BCUT2D eigenvalue weighted by Crippen LogP contribution is 2.18. The summed E-state index contributed by atoms with van der Waals surface area (Å²) in [5, 5.41) is 7.11. The maximum absolute atomic E-state index is 12.0. The number of carbonyl (C=O) groups excluding carboxylic acids is 1. The van der Waals surface area contributed by atoms with E-state index in [-0.39, 0.29) is 12.1 Å². The molecule has 1 aliphatic heterocycles. The summed E-state index contributed by atoms with van der Waals surface area (Å²) in [6.07, 6.45) is 4.90. The predicted molar refractivity (Wildman–Crippen MR) is 80.3 cm³/mol. The van der Waals surface area contributed by atoms with E-state index < -0.39 is 5.97 Å². The van der Waals surface area contributed by atoms with Crippen molar-refractivity contribution in [3.63, 3.8) is 0 Å². The molecule has 0 aliphatic carbocycles. The molecule has 1 saturated heterocycles. The molecule has 1 aromatic heterocycles. The zero-order valence-corrected chi connectivity index (χ0v) is 13.4. The highest BCUT2D eigenvalue weighted by molar-refractivity contribution is 9.10. The van der Waals surface area contributed by atoms with Gasteiger partial charge in [0.1, 0.15) is 11.0 Å². The zero-order valence-electron chi connectivity index (χ0n) is 11.8. The number of methoxy groups -OCH3 is 1. The average molecular weight is 360 g/mol. The molecule has 1 aliphatic rings. The van der Waals surface area contributed by atoms with Crippen LogP contribution in [0.4, 0.5) is 5.69 Å². The van der Waals surface area contributed by atoms with E-state index in [1.54, 1.807) is 0 Å². The number of hydrogen-bond acceptors (Lipinski definition) is 6. The Morgan fingerprint density at radius 1 is 1.67 bits per heavy atom. The van der Waals surface area contributed by atoms with Crippen LogP contribution in [0.1, 0.15) is 19.3 Å². The third-order valence-electron chi connectivity index (χ3n) is 3.30. The maximum Gasteiger partial charge on any atom is 0.327 e. The van der Waals surface area contributed by atoms with Crippen molar-refractivity contribution in [2.75, 3.05) is 25.6 Å². The number of nitrogens with one attached hydrogen (secondary N) is 1. The molecule has 1 unspecified atom stereocenters. The molecule has 7 nitrogen and oxygen atoms in total. The second-order valence-electron chi connectivity index (χ2n) is 4.76. The van der Waals surface area contributed by atoms with Gasteiger partial charge in [0, 0.05) is 13.2 Å². The molecule has 0 aromatic carbocycles. The molecular formula is C13H18BrN3O4. The van der Waals surface area contributed by atoms with Crippen LogP contribution in [-0.2, 0) is 20.8 Å². The number of aromatic nitrogens is 2. The van der Waals surface area contributed by atoms with Crippen molar-refractivity contribution in [2.45, 2.75) is 31.9 Å². The third kappa shape index (κ3) is 4.28. The SMILES string of the molecule is COC(=O)Cn1ncc(NCCC2CCCO2)c(Br)c1=O. The van der Waals surface area contributed by atoms with Gasteiger partial charge in [0.15, 0.2) is 0 Å². The van der Waals surface area contributed by atoms with E-state index in [9.17, 15) is 9.59 Å². The van der Waals surface area contributed by atoms with Crippen LogP contribution in [0.2, 0.25) is 0 Å². The van der Waals surface area contributed by atoms with Gasteiger partial charge in [-0.05, 0) is 35.2 Å². The lowest BCUT2D eigenvalue weighted by Crippen LogP contribution is -2.28. The van der Waals surface area contributed by atoms with Crippen molar-refractivity contribution in [1.29, 1.82) is 0 Å². The van der Waals surface area contributed by atoms with E-state index in [1.165, 1.54) is 13.3 Å². The Labute approximate surface area is 130 Å². The second kappa shape index (κ2) is 7.56. The molecule has 0 spiro atoms. The van der Waals surface area contributed by atoms with Gasteiger partial charge >= 0.3 is 5.97 Å². The summed E-state index contributed by atoms with van der Waals surface area (Å²) >= 11 is 3.24. The Hall–Kier alpha value is -1.41. The normalized spacial score (nSPS) is 17.7. The Bertz CT molecular complexity index is 555. The Morgan fingerprint density at radius 3 is 3.14 bits per heavy atom. The molecule has 116 valence electrons. The lowest BCUT2D eigenvalue weighted by molar-refractivity contribution is -0.141. The number of anilines is 1. The molecule has 8 heteroatoms. The summed E-state index contributed by atoms with van der Waals surface area (Å²) < 4.78 is 11.5. The molecular weight excluding hydrogens is 342 g/mol. The number of halogens is 1. The molecule has 21 heavy (non-hydrogen) atoms. The Kier molecular flexibility index (Phi) is 5.75. The van der Waals surface area contributed by atoms with Crippen LogP contribution in [0.15, 0.2) is 15.5 Å². The molecule has 1 atom stereocenters. The summed E-state index contributed by atoms with van der Waals surface area (Å²) in [4.78, 5) is 23.2. The summed E-state index contributed by atoms with van der Waals surface area (Å²) in [6, 6.07) is 0. The first-order valence-corrected chi connectivity index (χ1v) is 7.59. The Morgan fingerprint density at radius 2 is 2.48 bits per heavy atom. The van der Waals surface area contributed by atoms with Crippen LogP contribution in [0, 0.1) is 0 Å². The van der Waals surface area contributed by atoms with E-state index >= 15 is 0 Å². The van der Waals surface area contributed by atoms with Crippen LogP contribution >= 0.6 is 15.9 Å². The van der Waals surface area contributed by atoms with Crippen LogP contribution in [0.25, 0.3) is 0 Å². The van der Waals surface area contributed by atoms with Gasteiger partial charge in [0.2, 0.25) is 0 Å². The summed E-state index contributed by atoms with van der Waals surface area (Å²) in [6.45, 7) is 1.33. The standard InChI is InChI=1S/C13H18BrN3O4/c1-20-11(18)8-17-13(19)12(14)10(7-16-17)15-5-4-9-3-2-6-21-9/h7,9,15H,2-6,8H2,1H3. The van der Waals surface area contributed by atoms with E-state index in [0.29, 0.717) is 22.8 Å². The van der Waals surface area contributed by atoms with Crippen molar-refractivity contribution < 1.29 is 14.3 Å². The lowest BCUT2D eigenvalue weighted by Gasteiger charge is -2.12. The number of rotatable bonds is 6. The molecule has 0 radical (unpaired) electrons. The van der Waals surface area contributed by atoms with Crippen molar-refractivity contribution >= 4 is 27.6 Å². The molecule has 0 amide bonds. The van der Waals surface area contributed by atoms with Gasteiger partial charge in [-0.3, -0.25) is 9.59 Å². The minimum absolute atomic E-state index is 0.204. The number of hydrogen-bond donors (Lipinski definition) is 1. The molecule has 0 saturated carbocycles. The van der Waals surface area contributed by atoms with E-state index in [0.717, 1.165) is 30.6 Å². The van der Waals surface area contributed by atoms with Crippen LogP contribution in [-0.4, -0.2) is 42.1 Å². The topological polar surface area (TPSA) is 82.5 Å². The maximum atomic E-state index is 12.0. The molecule has 1 fully saturated rings. The van der Waals surface area contributed by atoms with Gasteiger partial charge in [0.25, 0.3) is 5.56 Å². The van der Waals surface area contributed by atoms with Gasteiger partial charge in [-0.2, -0.15) is 5.10 Å². The predicted octanol–water partition coefficient (Wildman–Crippen LogP) is 1.16. The number of ether oxygens (including phenoxy) is 2.